The van der Waals surface area contributed by atoms with Gasteiger partial charge in [0.25, 0.3) is 0 Å². The van der Waals surface area contributed by atoms with Crippen molar-refractivity contribution in [3.63, 3.8) is 0 Å². The molecule has 0 aliphatic heterocycles. The summed E-state index contributed by atoms with van der Waals surface area (Å²) in [5.74, 6) is -0.190. The maximum Gasteiger partial charge on any atom is 0.433 e. The largest absolute Gasteiger partial charge is 0.433 e. The molecule has 0 aliphatic rings. The van der Waals surface area contributed by atoms with Gasteiger partial charge >= 0.3 is 6.18 Å². The third-order valence-electron chi connectivity index (χ3n) is 3.13. The normalized spacial score (nSPS) is 11.2. The predicted molar refractivity (Wildman–Crippen MR) is 88.0 cm³/mol. The molecule has 1 aromatic carbocycles. The van der Waals surface area contributed by atoms with Gasteiger partial charge in [0.15, 0.2) is 0 Å². The summed E-state index contributed by atoms with van der Waals surface area (Å²) in [6.07, 6.45) is -3.41. The minimum atomic E-state index is -4.49. The second-order valence-corrected chi connectivity index (χ2v) is 5.24. The number of halogens is 3. The van der Waals surface area contributed by atoms with Gasteiger partial charge in [0.1, 0.15) is 5.69 Å². The Morgan fingerprint density at radius 1 is 1.12 bits per heavy atom. The van der Waals surface area contributed by atoms with E-state index in [0.717, 1.165) is 23.5 Å². The monoisotopic (exact) mass is 353 g/mol. The van der Waals surface area contributed by atoms with Crippen molar-refractivity contribution in [3.05, 3.63) is 47.8 Å². The fourth-order valence-corrected chi connectivity index (χ4v) is 2.01. The summed E-state index contributed by atoms with van der Waals surface area (Å²) >= 11 is 0. The van der Waals surface area contributed by atoms with E-state index in [1.54, 1.807) is 12.1 Å². The van der Waals surface area contributed by atoms with E-state index in [1.165, 1.54) is 6.92 Å². The Balaban J connectivity index is 1.72. The first-order valence-corrected chi connectivity index (χ1v) is 7.56. The number of hydrogen-bond donors (Lipinski definition) is 3. The molecule has 25 heavy (non-hydrogen) atoms. The Morgan fingerprint density at radius 3 is 2.48 bits per heavy atom. The number of benzene rings is 1. The van der Waals surface area contributed by atoms with Crippen LogP contribution in [-0.4, -0.2) is 29.0 Å². The number of alkyl halides is 3. The van der Waals surface area contributed by atoms with E-state index >= 15 is 0 Å². The molecule has 0 radical (unpaired) electrons. The minimum absolute atomic E-state index is 0.0590. The molecule has 134 valence electrons. The first kappa shape index (κ1) is 18.7. The van der Waals surface area contributed by atoms with Gasteiger partial charge < -0.3 is 16.0 Å². The molecule has 1 amide bonds. The maximum absolute atomic E-state index is 12.5. The van der Waals surface area contributed by atoms with Gasteiger partial charge in [0.2, 0.25) is 11.9 Å². The van der Waals surface area contributed by atoms with Crippen LogP contribution in [0.2, 0.25) is 0 Å². The molecule has 0 atom stereocenters. The Bertz CT molecular complexity index is 704. The summed E-state index contributed by atoms with van der Waals surface area (Å²) in [6.45, 7) is 2.93. The molecule has 9 heteroatoms. The van der Waals surface area contributed by atoms with Gasteiger partial charge in [-0.25, -0.2) is 9.97 Å². The fraction of sp³-hybridized carbons (Fsp3) is 0.312. The highest BCUT2D eigenvalue weighted by Crippen LogP contribution is 2.27. The number of rotatable bonds is 7. The van der Waals surface area contributed by atoms with Gasteiger partial charge in [-0.05, 0) is 23.8 Å². The molecule has 0 aliphatic carbocycles. The van der Waals surface area contributed by atoms with Crippen LogP contribution in [0.4, 0.5) is 24.8 Å². The van der Waals surface area contributed by atoms with Gasteiger partial charge in [0.05, 0.1) is 0 Å². The summed E-state index contributed by atoms with van der Waals surface area (Å²) in [7, 11) is 0. The summed E-state index contributed by atoms with van der Waals surface area (Å²) in [6, 6.07) is 8.18. The molecule has 2 rings (SSSR count). The highest BCUT2D eigenvalue weighted by atomic mass is 19.4. The smallest absolute Gasteiger partial charge is 0.353 e. The molecule has 1 heterocycles. The highest BCUT2D eigenvalue weighted by Gasteiger charge is 2.32. The minimum Gasteiger partial charge on any atom is -0.353 e. The predicted octanol–water partition coefficient (Wildman–Crippen LogP) is 2.66. The lowest BCUT2D eigenvalue weighted by atomic mass is 10.2. The Labute approximate surface area is 142 Å². The molecule has 0 spiro atoms. The molecule has 0 unspecified atom stereocenters. The first-order valence-electron chi connectivity index (χ1n) is 7.56. The summed E-state index contributed by atoms with van der Waals surface area (Å²) < 4.78 is 37.6. The van der Waals surface area contributed by atoms with Gasteiger partial charge in [-0.2, -0.15) is 13.2 Å². The molecule has 1 aromatic heterocycles. The van der Waals surface area contributed by atoms with Crippen molar-refractivity contribution < 1.29 is 18.0 Å². The number of anilines is 2. The third-order valence-corrected chi connectivity index (χ3v) is 3.13. The number of amides is 1. The first-order chi connectivity index (χ1) is 11.8. The number of carbonyl (C=O) groups is 1. The van der Waals surface area contributed by atoms with E-state index in [4.69, 9.17) is 0 Å². The zero-order valence-corrected chi connectivity index (χ0v) is 13.5. The van der Waals surface area contributed by atoms with Crippen molar-refractivity contribution >= 4 is 17.5 Å². The topological polar surface area (TPSA) is 78.9 Å². The van der Waals surface area contributed by atoms with E-state index in [9.17, 15) is 18.0 Å². The molecular formula is C16H18F3N5O. The van der Waals surface area contributed by atoms with Gasteiger partial charge in [-0.3, -0.25) is 4.79 Å². The SMILES string of the molecule is CC(=O)Nc1ccc(CNCCNc2nccc(C(F)(F)F)n2)cc1. The molecule has 3 N–H and O–H groups in total. The standard InChI is InChI=1S/C16H18F3N5O/c1-11(25)23-13-4-2-12(3-5-13)10-20-8-9-22-15-21-7-6-14(24-15)16(17,18)19/h2-7,20H,8-10H2,1H3,(H,23,25)(H,21,22,24). The van der Waals surface area contributed by atoms with E-state index in [-0.39, 0.29) is 11.9 Å². The average Bonchev–Trinajstić information content (AvgIpc) is 2.55. The number of nitrogens with one attached hydrogen (secondary N) is 3. The summed E-state index contributed by atoms with van der Waals surface area (Å²) in [5, 5.41) is 8.57. The van der Waals surface area contributed by atoms with E-state index < -0.39 is 11.9 Å². The highest BCUT2D eigenvalue weighted by molar-refractivity contribution is 5.88. The second-order valence-electron chi connectivity index (χ2n) is 5.24. The van der Waals surface area contributed by atoms with Crippen LogP contribution < -0.4 is 16.0 Å². The van der Waals surface area contributed by atoms with Crippen molar-refractivity contribution in [3.8, 4) is 0 Å². The maximum atomic E-state index is 12.5. The lowest BCUT2D eigenvalue weighted by molar-refractivity contribution is -0.141. The number of nitrogens with zero attached hydrogens (tertiary/aromatic N) is 2. The van der Waals surface area contributed by atoms with E-state index in [2.05, 4.69) is 25.9 Å². The van der Waals surface area contributed by atoms with Crippen LogP contribution in [0, 0.1) is 0 Å². The van der Waals surface area contributed by atoms with Crippen molar-refractivity contribution in [1.82, 2.24) is 15.3 Å². The van der Waals surface area contributed by atoms with Crippen molar-refractivity contribution in [1.29, 1.82) is 0 Å². The van der Waals surface area contributed by atoms with Crippen molar-refractivity contribution in [2.45, 2.75) is 19.6 Å². The molecule has 0 saturated carbocycles. The molecule has 6 nitrogen and oxygen atoms in total. The Hall–Kier alpha value is -2.68. The molecule has 0 fully saturated rings. The van der Waals surface area contributed by atoms with Crippen LogP contribution in [0.25, 0.3) is 0 Å². The van der Waals surface area contributed by atoms with E-state index in [0.29, 0.717) is 19.6 Å². The van der Waals surface area contributed by atoms with Crippen LogP contribution in [0.5, 0.6) is 0 Å². The van der Waals surface area contributed by atoms with Crippen LogP contribution in [0.1, 0.15) is 18.2 Å². The van der Waals surface area contributed by atoms with E-state index in [1.807, 2.05) is 12.1 Å². The Morgan fingerprint density at radius 2 is 1.84 bits per heavy atom. The summed E-state index contributed by atoms with van der Waals surface area (Å²) in [5.41, 5.74) is 0.765. The lowest BCUT2D eigenvalue weighted by Crippen LogP contribution is -2.23. The van der Waals surface area contributed by atoms with Crippen molar-refractivity contribution in [2.75, 3.05) is 23.7 Å². The van der Waals surface area contributed by atoms with Crippen molar-refractivity contribution in [2.24, 2.45) is 0 Å². The van der Waals surface area contributed by atoms with Crippen LogP contribution in [0.15, 0.2) is 36.5 Å². The average molecular weight is 353 g/mol. The van der Waals surface area contributed by atoms with Crippen LogP contribution >= 0.6 is 0 Å². The van der Waals surface area contributed by atoms with Gasteiger partial charge in [0, 0.05) is 38.4 Å². The molecular weight excluding hydrogens is 335 g/mol. The zero-order valence-electron chi connectivity index (χ0n) is 13.5. The van der Waals surface area contributed by atoms with Gasteiger partial charge in [-0.1, -0.05) is 12.1 Å². The number of hydrogen-bond acceptors (Lipinski definition) is 5. The quantitative estimate of drug-likeness (QED) is 0.667. The third kappa shape index (κ3) is 6.38. The van der Waals surface area contributed by atoms with Crippen LogP contribution in [-0.2, 0) is 17.5 Å². The zero-order chi connectivity index (χ0) is 18.3. The van der Waals surface area contributed by atoms with Gasteiger partial charge in [-0.15, -0.1) is 0 Å². The molecule has 2 aromatic rings. The Kier molecular flexibility index (Phi) is 6.29. The number of carbonyl (C=O) groups excluding carboxylic acids is 1. The molecule has 0 saturated heterocycles. The fourth-order valence-electron chi connectivity index (χ4n) is 2.01. The second kappa shape index (κ2) is 8.43. The number of aromatic nitrogens is 2. The lowest BCUT2D eigenvalue weighted by Gasteiger charge is -2.09. The summed E-state index contributed by atoms with van der Waals surface area (Å²) in [4.78, 5) is 18.1. The molecule has 0 bridgehead atoms. The van der Waals surface area contributed by atoms with Crippen LogP contribution in [0.3, 0.4) is 0 Å².